The third kappa shape index (κ3) is 2.71. The van der Waals surface area contributed by atoms with Gasteiger partial charge in [0, 0.05) is 17.4 Å². The third-order valence-corrected chi connectivity index (χ3v) is 2.04. The molecule has 0 aliphatic rings. The number of hydrogen-bond donors (Lipinski definition) is 1. The average molecular weight is 260 g/mol. The third-order valence-electron chi connectivity index (χ3n) is 1.58. The van der Waals surface area contributed by atoms with E-state index in [0.717, 1.165) is 0 Å². The Labute approximate surface area is 89.6 Å². The molecular weight excluding hydrogens is 252 g/mol. The average Bonchev–Trinajstić information content (AvgIpc) is 2.09. The van der Waals surface area contributed by atoms with E-state index >= 15 is 0 Å². The van der Waals surface area contributed by atoms with Crippen molar-refractivity contribution in [1.82, 2.24) is 0 Å². The van der Waals surface area contributed by atoms with E-state index in [2.05, 4.69) is 27.2 Å². The van der Waals surface area contributed by atoms with E-state index in [9.17, 15) is 8.78 Å². The van der Waals surface area contributed by atoms with Gasteiger partial charge in [0.2, 0.25) is 0 Å². The van der Waals surface area contributed by atoms with Crippen molar-refractivity contribution in [3.8, 4) is 12.3 Å². The van der Waals surface area contributed by atoms with Gasteiger partial charge in [0.25, 0.3) is 0 Å². The molecule has 0 aliphatic carbocycles. The predicted molar refractivity (Wildman–Crippen MR) is 56.0 cm³/mol. The van der Waals surface area contributed by atoms with Crippen molar-refractivity contribution >= 4 is 21.6 Å². The summed E-state index contributed by atoms with van der Waals surface area (Å²) in [7, 11) is 0. The van der Waals surface area contributed by atoms with Gasteiger partial charge in [-0.25, -0.2) is 8.78 Å². The number of rotatable bonds is 3. The van der Waals surface area contributed by atoms with Crippen molar-refractivity contribution in [2.45, 2.75) is 6.42 Å². The van der Waals surface area contributed by atoms with E-state index in [0.29, 0.717) is 17.4 Å². The molecule has 1 N–H and O–H groups in total. The first kappa shape index (κ1) is 11.0. The summed E-state index contributed by atoms with van der Waals surface area (Å²) in [5, 5.41) is 2.60. The Morgan fingerprint density at radius 2 is 1.93 bits per heavy atom. The Morgan fingerprint density at radius 1 is 1.36 bits per heavy atom. The maximum absolute atomic E-state index is 13.2. The van der Waals surface area contributed by atoms with Crippen LogP contribution in [0.15, 0.2) is 16.6 Å². The minimum absolute atomic E-state index is 0.136. The molecule has 1 aromatic carbocycles. The fraction of sp³-hybridized carbons (Fsp3) is 0.200. The summed E-state index contributed by atoms with van der Waals surface area (Å²) < 4.78 is 26.7. The van der Waals surface area contributed by atoms with Crippen LogP contribution in [0.4, 0.5) is 14.5 Å². The number of benzene rings is 1. The molecule has 1 rings (SSSR count). The minimum Gasteiger partial charge on any atom is -0.379 e. The van der Waals surface area contributed by atoms with Gasteiger partial charge in [-0.05, 0) is 12.1 Å². The van der Waals surface area contributed by atoms with Crippen LogP contribution in [0.1, 0.15) is 6.42 Å². The molecular formula is C10H8BrF2N. The molecule has 0 atom stereocenters. The number of nitrogens with one attached hydrogen (secondary N) is 1. The summed E-state index contributed by atoms with van der Waals surface area (Å²) in [4.78, 5) is 0. The van der Waals surface area contributed by atoms with Gasteiger partial charge in [0.15, 0.2) is 0 Å². The molecule has 0 aliphatic heterocycles. The summed E-state index contributed by atoms with van der Waals surface area (Å²) in [6.45, 7) is 0.353. The Kier molecular flexibility index (Phi) is 3.90. The fourth-order valence-electron chi connectivity index (χ4n) is 0.971. The lowest BCUT2D eigenvalue weighted by Gasteiger charge is -2.07. The topological polar surface area (TPSA) is 12.0 Å². The lowest BCUT2D eigenvalue weighted by atomic mass is 10.3. The molecule has 0 radical (unpaired) electrons. The molecule has 14 heavy (non-hydrogen) atoms. The molecule has 0 heterocycles. The van der Waals surface area contributed by atoms with Crippen molar-refractivity contribution in [2.24, 2.45) is 0 Å². The normalized spacial score (nSPS) is 9.57. The van der Waals surface area contributed by atoms with Crippen LogP contribution in [-0.2, 0) is 0 Å². The molecule has 0 amide bonds. The molecule has 0 saturated carbocycles. The Bertz CT molecular complexity index is 348. The number of anilines is 1. The number of terminal acetylenes is 1. The first-order valence-corrected chi connectivity index (χ1v) is 4.76. The van der Waals surface area contributed by atoms with Crippen LogP contribution in [0.25, 0.3) is 0 Å². The van der Waals surface area contributed by atoms with E-state index in [-0.39, 0.29) is 5.69 Å². The fourth-order valence-corrected chi connectivity index (χ4v) is 1.37. The zero-order valence-electron chi connectivity index (χ0n) is 7.28. The van der Waals surface area contributed by atoms with Crippen molar-refractivity contribution in [2.75, 3.05) is 11.9 Å². The number of halogens is 3. The lowest BCUT2D eigenvalue weighted by molar-refractivity contribution is 0.587. The van der Waals surface area contributed by atoms with E-state index in [1.807, 2.05) is 0 Å². The summed E-state index contributed by atoms with van der Waals surface area (Å²) >= 11 is 2.99. The van der Waals surface area contributed by atoms with Gasteiger partial charge in [-0.2, -0.15) is 0 Å². The van der Waals surface area contributed by atoms with Gasteiger partial charge < -0.3 is 5.32 Å². The van der Waals surface area contributed by atoms with Crippen LogP contribution in [-0.4, -0.2) is 6.54 Å². The van der Waals surface area contributed by atoms with Crippen LogP contribution in [0.3, 0.4) is 0 Å². The Balaban J connectivity index is 2.81. The van der Waals surface area contributed by atoms with E-state index < -0.39 is 11.6 Å². The standard InChI is InChI=1S/C10H8BrF2N/c1-2-3-4-14-10-8(12)5-7(11)6-9(10)13/h1,5-6,14H,3-4H2. The molecule has 0 bridgehead atoms. The van der Waals surface area contributed by atoms with Gasteiger partial charge in [-0.3, -0.25) is 0 Å². The highest BCUT2D eigenvalue weighted by molar-refractivity contribution is 9.10. The van der Waals surface area contributed by atoms with E-state index in [1.165, 1.54) is 12.1 Å². The van der Waals surface area contributed by atoms with Crippen LogP contribution in [0.5, 0.6) is 0 Å². The minimum atomic E-state index is -0.631. The van der Waals surface area contributed by atoms with E-state index in [4.69, 9.17) is 6.42 Å². The Morgan fingerprint density at radius 3 is 2.43 bits per heavy atom. The van der Waals surface area contributed by atoms with Crippen LogP contribution in [0.2, 0.25) is 0 Å². The van der Waals surface area contributed by atoms with Crippen molar-refractivity contribution < 1.29 is 8.78 Å². The van der Waals surface area contributed by atoms with Crippen LogP contribution >= 0.6 is 15.9 Å². The highest BCUT2D eigenvalue weighted by Crippen LogP contribution is 2.23. The quantitative estimate of drug-likeness (QED) is 0.650. The molecule has 0 unspecified atom stereocenters. The van der Waals surface area contributed by atoms with Crippen molar-refractivity contribution in [3.05, 3.63) is 28.2 Å². The van der Waals surface area contributed by atoms with Gasteiger partial charge in [0.05, 0.1) is 0 Å². The van der Waals surface area contributed by atoms with Gasteiger partial charge >= 0.3 is 0 Å². The molecule has 0 fully saturated rings. The highest BCUT2D eigenvalue weighted by Gasteiger charge is 2.08. The maximum Gasteiger partial charge on any atom is 0.150 e. The Hall–Kier alpha value is -1.08. The van der Waals surface area contributed by atoms with Crippen molar-refractivity contribution in [1.29, 1.82) is 0 Å². The van der Waals surface area contributed by atoms with Gasteiger partial charge in [-0.1, -0.05) is 15.9 Å². The molecule has 1 nitrogen and oxygen atoms in total. The molecule has 4 heteroatoms. The van der Waals surface area contributed by atoms with Crippen LogP contribution < -0.4 is 5.32 Å². The monoisotopic (exact) mass is 259 g/mol. The zero-order valence-corrected chi connectivity index (χ0v) is 8.87. The van der Waals surface area contributed by atoms with E-state index in [1.54, 1.807) is 0 Å². The summed E-state index contributed by atoms with van der Waals surface area (Å²) in [5.74, 6) is 1.11. The second-order valence-electron chi connectivity index (χ2n) is 2.63. The van der Waals surface area contributed by atoms with Crippen molar-refractivity contribution in [3.63, 3.8) is 0 Å². The summed E-state index contributed by atoms with van der Waals surface area (Å²) in [5.41, 5.74) is -0.136. The van der Waals surface area contributed by atoms with Crippen LogP contribution in [0, 0.1) is 24.0 Å². The molecule has 0 saturated heterocycles. The summed E-state index contributed by atoms with van der Waals surface area (Å²) in [6, 6.07) is 2.39. The smallest absolute Gasteiger partial charge is 0.150 e. The summed E-state index contributed by atoms with van der Waals surface area (Å²) in [6.07, 6.45) is 5.43. The van der Waals surface area contributed by atoms with Gasteiger partial charge in [0.1, 0.15) is 17.3 Å². The maximum atomic E-state index is 13.2. The SMILES string of the molecule is C#CCCNc1c(F)cc(Br)cc1F. The molecule has 0 spiro atoms. The second-order valence-corrected chi connectivity index (χ2v) is 3.54. The highest BCUT2D eigenvalue weighted by atomic mass is 79.9. The first-order valence-electron chi connectivity index (χ1n) is 3.97. The molecule has 0 aromatic heterocycles. The molecule has 74 valence electrons. The molecule has 1 aromatic rings. The predicted octanol–water partition coefficient (Wildman–Crippen LogP) is 3.16. The first-order chi connectivity index (χ1) is 6.65. The van der Waals surface area contributed by atoms with Gasteiger partial charge in [-0.15, -0.1) is 12.3 Å². The largest absolute Gasteiger partial charge is 0.379 e. The second kappa shape index (κ2) is 4.97. The number of hydrogen-bond acceptors (Lipinski definition) is 1. The lowest BCUT2D eigenvalue weighted by Crippen LogP contribution is -2.04. The zero-order chi connectivity index (χ0) is 10.6.